The van der Waals surface area contributed by atoms with Crippen molar-refractivity contribution in [1.82, 2.24) is 20.0 Å². The van der Waals surface area contributed by atoms with Crippen molar-refractivity contribution in [3.05, 3.63) is 35.9 Å². The number of anilines is 1. The van der Waals surface area contributed by atoms with Crippen LogP contribution in [0.3, 0.4) is 0 Å². The molecule has 3 amide bonds. The van der Waals surface area contributed by atoms with Crippen LogP contribution in [0.1, 0.15) is 6.92 Å². The quantitative estimate of drug-likeness (QED) is 0.750. The van der Waals surface area contributed by atoms with E-state index in [0.717, 1.165) is 18.8 Å². The molecule has 3 saturated heterocycles. The molecule has 0 saturated carbocycles. The summed E-state index contributed by atoms with van der Waals surface area (Å²) in [7, 11) is 3.31. The predicted octanol–water partition coefficient (Wildman–Crippen LogP) is 1.77. The highest BCUT2D eigenvalue weighted by molar-refractivity contribution is 6.32. The summed E-state index contributed by atoms with van der Waals surface area (Å²) in [5.74, 6) is 0.761. The number of methoxy groups -OCH3 is 1. The standard InChI is InChI=1S/C20H26ClN5O3/c1-5-8-24-18(27)16-17(23(3)20(24)28)22-19-25(10-12(2)11-26(16)19)13-6-7-15(29-4)14(21)9-13/h5-7,9,12,16-17,19,22H,1,8,10-11H2,2-4H3. The van der Waals surface area contributed by atoms with Gasteiger partial charge in [0.05, 0.1) is 12.1 Å². The van der Waals surface area contributed by atoms with E-state index in [0.29, 0.717) is 16.7 Å². The Morgan fingerprint density at radius 1 is 1.34 bits per heavy atom. The molecule has 3 aliphatic rings. The van der Waals surface area contributed by atoms with Crippen LogP contribution in [0.2, 0.25) is 5.02 Å². The molecule has 4 atom stereocenters. The van der Waals surface area contributed by atoms with Gasteiger partial charge in [0.25, 0.3) is 5.91 Å². The molecule has 29 heavy (non-hydrogen) atoms. The number of hydrogen-bond donors (Lipinski definition) is 1. The summed E-state index contributed by atoms with van der Waals surface area (Å²) in [6.07, 6.45) is 0.977. The lowest BCUT2D eigenvalue weighted by molar-refractivity contribution is -0.138. The van der Waals surface area contributed by atoms with E-state index in [1.165, 1.54) is 4.90 Å². The second kappa shape index (κ2) is 7.51. The third-order valence-electron chi connectivity index (χ3n) is 5.86. The van der Waals surface area contributed by atoms with Crippen LogP contribution in [0, 0.1) is 5.92 Å². The zero-order chi connectivity index (χ0) is 20.9. The number of nitrogens with one attached hydrogen (secondary N) is 1. The molecule has 0 aromatic heterocycles. The van der Waals surface area contributed by atoms with Gasteiger partial charge in [0, 0.05) is 32.4 Å². The van der Waals surface area contributed by atoms with E-state index < -0.39 is 6.04 Å². The number of benzene rings is 1. The van der Waals surface area contributed by atoms with Crippen LogP contribution in [0.5, 0.6) is 5.75 Å². The topological polar surface area (TPSA) is 68.4 Å². The molecule has 0 radical (unpaired) electrons. The van der Waals surface area contributed by atoms with Crippen molar-refractivity contribution < 1.29 is 14.3 Å². The molecule has 4 rings (SSSR count). The molecular weight excluding hydrogens is 394 g/mol. The highest BCUT2D eigenvalue weighted by Gasteiger charge is 2.56. The Bertz CT molecular complexity index is 849. The minimum absolute atomic E-state index is 0.185. The number of likely N-dealkylation sites (N-methyl/N-ethyl adjacent to an activating group) is 1. The molecular formula is C20H26ClN5O3. The normalized spacial score (nSPS) is 29.7. The second-order valence-electron chi connectivity index (χ2n) is 7.83. The maximum Gasteiger partial charge on any atom is 0.328 e. The van der Waals surface area contributed by atoms with Gasteiger partial charge in [-0.25, -0.2) is 4.79 Å². The first-order valence-electron chi connectivity index (χ1n) is 9.68. The first kappa shape index (κ1) is 20.0. The molecule has 3 heterocycles. The van der Waals surface area contributed by atoms with Gasteiger partial charge in [0.1, 0.15) is 24.2 Å². The molecule has 3 fully saturated rings. The molecule has 0 bridgehead atoms. The molecule has 156 valence electrons. The average molecular weight is 420 g/mol. The number of halogens is 1. The zero-order valence-electron chi connectivity index (χ0n) is 16.8. The van der Waals surface area contributed by atoms with Crippen LogP contribution in [0.4, 0.5) is 10.5 Å². The largest absolute Gasteiger partial charge is 0.495 e. The number of ether oxygens (including phenoxy) is 1. The molecule has 9 heteroatoms. The number of nitrogens with zero attached hydrogens (tertiary/aromatic N) is 4. The Hall–Kier alpha value is -2.29. The van der Waals surface area contributed by atoms with Crippen LogP contribution in [-0.2, 0) is 4.79 Å². The van der Waals surface area contributed by atoms with Crippen molar-refractivity contribution >= 4 is 29.2 Å². The maximum atomic E-state index is 13.2. The fraction of sp³-hybridized carbons (Fsp3) is 0.500. The summed E-state index contributed by atoms with van der Waals surface area (Å²) in [6.45, 7) is 7.60. The number of fused-ring (bicyclic) bond motifs is 3. The molecule has 4 unspecified atom stereocenters. The summed E-state index contributed by atoms with van der Waals surface area (Å²) < 4.78 is 5.27. The Morgan fingerprint density at radius 3 is 2.76 bits per heavy atom. The van der Waals surface area contributed by atoms with Gasteiger partial charge in [-0.1, -0.05) is 24.6 Å². The van der Waals surface area contributed by atoms with E-state index in [1.54, 1.807) is 25.1 Å². The molecule has 0 spiro atoms. The number of rotatable bonds is 4. The van der Waals surface area contributed by atoms with E-state index >= 15 is 0 Å². The lowest BCUT2D eigenvalue weighted by atomic mass is 10.0. The maximum absolute atomic E-state index is 13.2. The minimum Gasteiger partial charge on any atom is -0.495 e. The van der Waals surface area contributed by atoms with Crippen LogP contribution in [-0.4, -0.2) is 78.9 Å². The van der Waals surface area contributed by atoms with Gasteiger partial charge in [-0.05, 0) is 24.1 Å². The zero-order valence-corrected chi connectivity index (χ0v) is 17.6. The molecule has 1 N–H and O–H groups in total. The molecule has 1 aromatic carbocycles. The van der Waals surface area contributed by atoms with Gasteiger partial charge in [-0.3, -0.25) is 19.9 Å². The van der Waals surface area contributed by atoms with E-state index in [2.05, 4.69) is 28.6 Å². The molecule has 3 aliphatic heterocycles. The van der Waals surface area contributed by atoms with Crippen molar-refractivity contribution in [2.24, 2.45) is 5.92 Å². The monoisotopic (exact) mass is 419 g/mol. The highest BCUT2D eigenvalue weighted by Crippen LogP contribution is 2.36. The first-order valence-corrected chi connectivity index (χ1v) is 10.1. The summed E-state index contributed by atoms with van der Waals surface area (Å²) >= 11 is 6.36. The average Bonchev–Trinajstić information content (AvgIpc) is 3.08. The van der Waals surface area contributed by atoms with E-state index in [9.17, 15) is 9.59 Å². The number of hydrogen-bond acceptors (Lipinski definition) is 6. The Morgan fingerprint density at radius 2 is 2.10 bits per heavy atom. The van der Waals surface area contributed by atoms with Crippen molar-refractivity contribution in [3.8, 4) is 5.75 Å². The number of carbonyl (C=O) groups is 2. The van der Waals surface area contributed by atoms with Crippen LogP contribution < -0.4 is 15.0 Å². The Balaban J connectivity index is 1.69. The van der Waals surface area contributed by atoms with Crippen LogP contribution in [0.25, 0.3) is 0 Å². The second-order valence-corrected chi connectivity index (χ2v) is 8.24. The molecule has 8 nitrogen and oxygen atoms in total. The van der Waals surface area contributed by atoms with Gasteiger partial charge in [-0.15, -0.1) is 6.58 Å². The van der Waals surface area contributed by atoms with Crippen molar-refractivity contribution in [3.63, 3.8) is 0 Å². The fourth-order valence-corrected chi connectivity index (χ4v) is 4.80. The summed E-state index contributed by atoms with van der Waals surface area (Å²) in [5, 5.41) is 4.03. The number of imide groups is 1. The van der Waals surface area contributed by atoms with Gasteiger partial charge >= 0.3 is 6.03 Å². The SMILES string of the molecule is C=CCN1C(=O)C2C(NC3N(c4ccc(OC)c(Cl)c4)CC(C)CN23)N(C)C1=O. The number of carbonyl (C=O) groups excluding carboxylic acids is 2. The summed E-state index contributed by atoms with van der Waals surface area (Å²) in [6, 6.07) is 4.93. The van der Waals surface area contributed by atoms with Crippen LogP contribution >= 0.6 is 11.6 Å². The predicted molar refractivity (Wildman–Crippen MR) is 111 cm³/mol. The highest BCUT2D eigenvalue weighted by atomic mass is 35.5. The minimum atomic E-state index is -0.443. The fourth-order valence-electron chi connectivity index (χ4n) is 4.55. The van der Waals surface area contributed by atoms with Gasteiger partial charge in [-0.2, -0.15) is 0 Å². The third kappa shape index (κ3) is 3.15. The third-order valence-corrected chi connectivity index (χ3v) is 6.16. The van der Waals surface area contributed by atoms with Crippen LogP contribution in [0.15, 0.2) is 30.9 Å². The van der Waals surface area contributed by atoms with E-state index in [1.807, 2.05) is 18.2 Å². The van der Waals surface area contributed by atoms with Crippen molar-refractivity contribution in [2.45, 2.75) is 25.4 Å². The summed E-state index contributed by atoms with van der Waals surface area (Å²) in [4.78, 5) is 33.1. The van der Waals surface area contributed by atoms with E-state index in [-0.39, 0.29) is 30.9 Å². The Kier molecular flexibility index (Phi) is 5.18. The van der Waals surface area contributed by atoms with Gasteiger partial charge in [0.15, 0.2) is 0 Å². The van der Waals surface area contributed by atoms with Crippen molar-refractivity contribution in [1.29, 1.82) is 0 Å². The first-order chi connectivity index (χ1) is 13.9. The number of amides is 3. The van der Waals surface area contributed by atoms with Gasteiger partial charge < -0.3 is 14.5 Å². The summed E-state index contributed by atoms with van der Waals surface area (Å²) in [5.41, 5.74) is 0.938. The smallest absolute Gasteiger partial charge is 0.328 e. The molecule has 1 aromatic rings. The van der Waals surface area contributed by atoms with Crippen molar-refractivity contribution in [2.75, 3.05) is 38.7 Å². The molecule has 0 aliphatic carbocycles. The number of urea groups is 1. The lowest BCUT2D eigenvalue weighted by Gasteiger charge is -2.46. The van der Waals surface area contributed by atoms with Gasteiger partial charge in [0.2, 0.25) is 0 Å². The lowest BCUT2D eigenvalue weighted by Crippen LogP contribution is -2.66. The Labute approximate surface area is 175 Å². The van der Waals surface area contributed by atoms with E-state index in [4.69, 9.17) is 16.3 Å².